The molecule has 4 nitrogen and oxygen atoms in total. The van der Waals surface area contributed by atoms with E-state index in [2.05, 4.69) is 29.1 Å². The number of nitrogens with one attached hydrogen (secondary N) is 1. The van der Waals surface area contributed by atoms with E-state index < -0.39 is 0 Å². The monoisotopic (exact) mass is 242 g/mol. The van der Waals surface area contributed by atoms with Crippen LogP contribution in [-0.4, -0.2) is 22.6 Å². The fourth-order valence-corrected chi connectivity index (χ4v) is 1.77. The van der Waals surface area contributed by atoms with E-state index in [9.17, 15) is 0 Å². The lowest BCUT2D eigenvalue weighted by atomic mass is 9.95. The average Bonchev–Trinajstić information content (AvgIpc) is 2.30. The zero-order valence-electron chi connectivity index (χ0n) is 9.78. The van der Waals surface area contributed by atoms with E-state index in [4.69, 9.17) is 17.3 Å². The summed E-state index contributed by atoms with van der Waals surface area (Å²) in [6.45, 7) is 5.01. The molecule has 0 radical (unpaired) electrons. The molecule has 0 aliphatic heterocycles. The Balaban J connectivity index is 2.42. The number of hydrogen-bond donors (Lipinski definition) is 2. The third-order valence-corrected chi connectivity index (χ3v) is 2.97. The van der Waals surface area contributed by atoms with E-state index in [0.29, 0.717) is 23.4 Å². The van der Waals surface area contributed by atoms with Crippen LogP contribution in [0.5, 0.6) is 0 Å². The van der Waals surface area contributed by atoms with E-state index >= 15 is 0 Å². The third-order valence-electron chi connectivity index (χ3n) is 2.77. The number of anilines is 1. The quantitative estimate of drug-likeness (QED) is 0.804. The Hall–Kier alpha value is -0.870. The first-order valence-electron chi connectivity index (χ1n) is 5.64. The molecular formula is C11H19ClN4. The molecule has 0 amide bonds. The SMILES string of the molecule is CCC(CC)C(N)CNc1ncc(Cl)cn1. The Kier molecular flexibility index (Phi) is 5.49. The van der Waals surface area contributed by atoms with E-state index in [1.807, 2.05) is 0 Å². The van der Waals surface area contributed by atoms with E-state index in [1.54, 1.807) is 12.4 Å². The Morgan fingerprint density at radius 3 is 2.38 bits per heavy atom. The van der Waals surface area contributed by atoms with Gasteiger partial charge in [0, 0.05) is 12.6 Å². The van der Waals surface area contributed by atoms with Gasteiger partial charge in [0.25, 0.3) is 0 Å². The summed E-state index contributed by atoms with van der Waals surface area (Å²) < 4.78 is 0. The first-order valence-corrected chi connectivity index (χ1v) is 6.02. The molecule has 0 spiro atoms. The van der Waals surface area contributed by atoms with Crippen LogP contribution in [0.3, 0.4) is 0 Å². The molecule has 3 N–H and O–H groups in total. The zero-order chi connectivity index (χ0) is 12.0. The predicted octanol–water partition coefficient (Wildman–Crippen LogP) is 2.31. The summed E-state index contributed by atoms with van der Waals surface area (Å²) in [5, 5.41) is 3.65. The zero-order valence-corrected chi connectivity index (χ0v) is 10.5. The molecule has 0 aliphatic carbocycles. The maximum Gasteiger partial charge on any atom is 0.222 e. The van der Waals surface area contributed by atoms with Gasteiger partial charge in [-0.3, -0.25) is 0 Å². The summed E-state index contributed by atoms with van der Waals surface area (Å²) >= 11 is 5.69. The minimum Gasteiger partial charge on any atom is -0.353 e. The number of nitrogens with zero attached hydrogens (tertiary/aromatic N) is 2. The van der Waals surface area contributed by atoms with Gasteiger partial charge >= 0.3 is 0 Å². The van der Waals surface area contributed by atoms with Crippen molar-refractivity contribution in [1.29, 1.82) is 0 Å². The molecule has 90 valence electrons. The fraction of sp³-hybridized carbons (Fsp3) is 0.636. The second-order valence-electron chi connectivity index (χ2n) is 3.85. The lowest BCUT2D eigenvalue weighted by molar-refractivity contribution is 0.407. The standard InChI is InChI=1S/C11H19ClN4/c1-3-8(4-2)10(13)7-16-11-14-5-9(12)6-15-11/h5-6,8,10H,3-4,7,13H2,1-2H3,(H,14,15,16). The van der Waals surface area contributed by atoms with Gasteiger partial charge in [-0.05, 0) is 5.92 Å². The molecule has 0 aliphatic rings. The molecule has 0 fully saturated rings. The van der Waals surface area contributed by atoms with Crippen LogP contribution in [0.15, 0.2) is 12.4 Å². The molecule has 0 aromatic carbocycles. The van der Waals surface area contributed by atoms with Gasteiger partial charge in [0.05, 0.1) is 17.4 Å². The molecule has 1 atom stereocenters. The Morgan fingerprint density at radius 2 is 1.88 bits per heavy atom. The van der Waals surface area contributed by atoms with E-state index in [-0.39, 0.29) is 6.04 Å². The van der Waals surface area contributed by atoms with Gasteiger partial charge < -0.3 is 11.1 Å². The van der Waals surface area contributed by atoms with Crippen molar-refractivity contribution in [2.24, 2.45) is 11.7 Å². The molecule has 1 unspecified atom stereocenters. The van der Waals surface area contributed by atoms with Crippen molar-refractivity contribution >= 4 is 17.5 Å². The number of halogens is 1. The normalized spacial score (nSPS) is 12.8. The van der Waals surface area contributed by atoms with Crippen LogP contribution in [0, 0.1) is 5.92 Å². The second kappa shape index (κ2) is 6.66. The van der Waals surface area contributed by atoms with Gasteiger partial charge in [0.2, 0.25) is 5.95 Å². The van der Waals surface area contributed by atoms with Gasteiger partial charge in [-0.15, -0.1) is 0 Å². The average molecular weight is 243 g/mol. The highest BCUT2D eigenvalue weighted by Crippen LogP contribution is 2.12. The smallest absolute Gasteiger partial charge is 0.222 e. The lowest BCUT2D eigenvalue weighted by Crippen LogP contribution is -2.36. The minimum absolute atomic E-state index is 0.134. The van der Waals surface area contributed by atoms with Gasteiger partial charge in [-0.2, -0.15) is 0 Å². The van der Waals surface area contributed by atoms with Crippen LogP contribution in [0.1, 0.15) is 26.7 Å². The number of hydrogen-bond acceptors (Lipinski definition) is 4. The van der Waals surface area contributed by atoms with Gasteiger partial charge in [-0.25, -0.2) is 9.97 Å². The largest absolute Gasteiger partial charge is 0.353 e. The molecule has 0 saturated carbocycles. The molecule has 1 aromatic heterocycles. The summed E-state index contributed by atoms with van der Waals surface area (Å²) in [5.74, 6) is 1.12. The van der Waals surface area contributed by atoms with Crippen molar-refractivity contribution in [2.45, 2.75) is 32.7 Å². The summed E-state index contributed by atoms with van der Waals surface area (Å²) in [7, 11) is 0. The van der Waals surface area contributed by atoms with Crippen molar-refractivity contribution < 1.29 is 0 Å². The highest BCUT2D eigenvalue weighted by Gasteiger charge is 2.13. The Morgan fingerprint density at radius 1 is 1.31 bits per heavy atom. The van der Waals surface area contributed by atoms with E-state index in [1.165, 1.54) is 0 Å². The molecule has 1 rings (SSSR count). The van der Waals surface area contributed by atoms with Crippen LogP contribution in [-0.2, 0) is 0 Å². The summed E-state index contributed by atoms with van der Waals surface area (Å²) in [6, 6.07) is 0.134. The number of rotatable bonds is 6. The maximum atomic E-state index is 6.07. The minimum atomic E-state index is 0.134. The van der Waals surface area contributed by atoms with Crippen LogP contribution < -0.4 is 11.1 Å². The van der Waals surface area contributed by atoms with Gasteiger partial charge in [0.1, 0.15) is 0 Å². The molecule has 0 bridgehead atoms. The topological polar surface area (TPSA) is 63.8 Å². The number of nitrogens with two attached hydrogens (primary N) is 1. The molecule has 16 heavy (non-hydrogen) atoms. The van der Waals surface area contributed by atoms with Crippen LogP contribution >= 0.6 is 11.6 Å². The van der Waals surface area contributed by atoms with Crippen LogP contribution in [0.2, 0.25) is 5.02 Å². The highest BCUT2D eigenvalue weighted by atomic mass is 35.5. The van der Waals surface area contributed by atoms with Gasteiger partial charge in [-0.1, -0.05) is 38.3 Å². The molecule has 5 heteroatoms. The molecule has 0 saturated heterocycles. The summed E-state index contributed by atoms with van der Waals surface area (Å²) in [6.07, 6.45) is 5.33. The molecular weight excluding hydrogens is 224 g/mol. The van der Waals surface area contributed by atoms with Crippen molar-refractivity contribution in [3.63, 3.8) is 0 Å². The summed E-state index contributed by atoms with van der Waals surface area (Å²) in [4.78, 5) is 8.10. The van der Waals surface area contributed by atoms with E-state index in [0.717, 1.165) is 12.8 Å². The predicted molar refractivity (Wildman–Crippen MR) is 67.6 cm³/mol. The maximum absolute atomic E-state index is 6.07. The lowest BCUT2D eigenvalue weighted by Gasteiger charge is -2.21. The molecule has 1 heterocycles. The first kappa shape index (κ1) is 13.2. The summed E-state index contributed by atoms with van der Waals surface area (Å²) in [5.41, 5.74) is 6.07. The molecule has 1 aromatic rings. The van der Waals surface area contributed by atoms with Crippen LogP contribution in [0.4, 0.5) is 5.95 Å². The Bertz CT molecular complexity index is 297. The van der Waals surface area contributed by atoms with Crippen molar-refractivity contribution in [3.05, 3.63) is 17.4 Å². The fourth-order valence-electron chi connectivity index (χ4n) is 1.67. The number of aromatic nitrogens is 2. The first-order chi connectivity index (χ1) is 7.67. The van der Waals surface area contributed by atoms with Crippen molar-refractivity contribution in [1.82, 2.24) is 9.97 Å². The van der Waals surface area contributed by atoms with Crippen molar-refractivity contribution in [2.75, 3.05) is 11.9 Å². The van der Waals surface area contributed by atoms with Crippen LogP contribution in [0.25, 0.3) is 0 Å². The third kappa shape index (κ3) is 3.94. The van der Waals surface area contributed by atoms with Gasteiger partial charge in [0.15, 0.2) is 0 Å². The Labute approximate surface area is 102 Å². The van der Waals surface area contributed by atoms with Crippen molar-refractivity contribution in [3.8, 4) is 0 Å². The second-order valence-corrected chi connectivity index (χ2v) is 4.28. The highest BCUT2D eigenvalue weighted by molar-refractivity contribution is 6.30.